The van der Waals surface area contributed by atoms with E-state index in [-0.39, 0.29) is 41.0 Å². The smallest absolute Gasteiger partial charge is 0.326 e. The van der Waals surface area contributed by atoms with Crippen LogP contribution in [0.1, 0.15) is 50.2 Å². The molecule has 2 heterocycles. The third kappa shape index (κ3) is 7.75. The highest BCUT2D eigenvalue weighted by Gasteiger charge is 2.48. The summed E-state index contributed by atoms with van der Waals surface area (Å²) in [6, 6.07) is 6.78. The molecule has 1 amide bonds. The fourth-order valence-corrected chi connectivity index (χ4v) is 9.16. The molecule has 6 atom stereocenters. The molecule has 0 bridgehead atoms. The summed E-state index contributed by atoms with van der Waals surface area (Å²) in [6.07, 6.45) is 3.89. The van der Waals surface area contributed by atoms with E-state index in [1.807, 2.05) is 0 Å². The summed E-state index contributed by atoms with van der Waals surface area (Å²) in [5.41, 5.74) is 1.98. The number of fused-ring (bicyclic) bond motifs is 2. The van der Waals surface area contributed by atoms with E-state index in [2.05, 4.69) is 20.1 Å². The number of aliphatic carboxylic acids is 2. The van der Waals surface area contributed by atoms with Gasteiger partial charge in [-0.05, 0) is 73.7 Å². The number of carboxylic acids is 2. The van der Waals surface area contributed by atoms with Gasteiger partial charge in [0.25, 0.3) is 0 Å². The number of hydrogen-bond acceptors (Lipinski definition) is 9. The summed E-state index contributed by atoms with van der Waals surface area (Å²) in [6.45, 7) is 1.54. The Labute approximate surface area is 282 Å². The van der Waals surface area contributed by atoms with Crippen molar-refractivity contribution < 1.29 is 33.0 Å². The molecule has 2 aromatic rings. The molecule has 2 aromatic carbocycles. The molecule has 3 aliphatic rings. The number of likely N-dealkylation sites (tertiary alicyclic amines) is 1. The fourth-order valence-electron chi connectivity index (χ4n) is 6.46. The molecule has 1 saturated heterocycles. The molecule has 250 valence electrons. The predicted octanol–water partition coefficient (Wildman–Crippen LogP) is 3.62. The van der Waals surface area contributed by atoms with Crippen molar-refractivity contribution in [2.45, 2.75) is 92.1 Å². The number of carbonyl (C=O) groups excluding carboxylic acids is 1. The second-order valence-corrected chi connectivity index (χ2v) is 15.3. The average Bonchev–Trinajstić information content (AvgIpc) is 3.43. The molecule has 0 radical (unpaired) electrons. The molecular weight excluding hydrogens is 677 g/mol. The third-order valence-corrected chi connectivity index (χ3v) is 11.9. The molecule has 1 aliphatic carbocycles. The second kappa shape index (κ2) is 14.7. The number of halogens is 2. The maximum atomic E-state index is 13.5. The zero-order valence-electron chi connectivity index (χ0n) is 25.0. The van der Waals surface area contributed by atoms with E-state index in [0.29, 0.717) is 34.0 Å². The van der Waals surface area contributed by atoms with Gasteiger partial charge >= 0.3 is 11.9 Å². The number of nitrogens with one attached hydrogen (secondary N) is 4. The van der Waals surface area contributed by atoms with Crippen LogP contribution in [-0.2, 0) is 37.4 Å². The molecule has 5 rings (SSSR count). The van der Waals surface area contributed by atoms with Gasteiger partial charge in [-0.15, -0.1) is 11.6 Å². The summed E-state index contributed by atoms with van der Waals surface area (Å²) in [5.74, 6) is -2.12. The summed E-state index contributed by atoms with van der Waals surface area (Å²) in [5, 5.41) is 25.8. The predicted molar refractivity (Wildman–Crippen MR) is 175 cm³/mol. The Morgan fingerprint density at radius 1 is 1.11 bits per heavy atom. The van der Waals surface area contributed by atoms with E-state index in [9.17, 15) is 33.0 Å². The van der Waals surface area contributed by atoms with Gasteiger partial charge in [0.05, 0.1) is 22.6 Å². The Morgan fingerprint density at radius 2 is 1.80 bits per heavy atom. The molecular formula is C30H37Cl2N5O7S2. The van der Waals surface area contributed by atoms with E-state index in [1.54, 1.807) is 37.3 Å². The first-order valence-electron chi connectivity index (χ1n) is 15.1. The largest absolute Gasteiger partial charge is 0.480 e. The van der Waals surface area contributed by atoms with Crippen molar-refractivity contribution in [3.8, 4) is 0 Å². The maximum absolute atomic E-state index is 13.5. The van der Waals surface area contributed by atoms with Crippen LogP contribution in [0.25, 0.3) is 0 Å². The second-order valence-electron chi connectivity index (χ2n) is 11.9. The van der Waals surface area contributed by atoms with Gasteiger partial charge in [-0.25, -0.2) is 22.7 Å². The lowest BCUT2D eigenvalue weighted by Crippen LogP contribution is -2.55. The van der Waals surface area contributed by atoms with Crippen molar-refractivity contribution in [2.24, 2.45) is 5.92 Å². The van der Waals surface area contributed by atoms with Crippen molar-refractivity contribution in [1.29, 1.82) is 0 Å². The lowest BCUT2D eigenvalue weighted by atomic mass is 9.84. The minimum Gasteiger partial charge on any atom is -0.480 e. The molecule has 0 aromatic heterocycles. The van der Waals surface area contributed by atoms with Gasteiger partial charge in [0.2, 0.25) is 15.9 Å². The van der Waals surface area contributed by atoms with Crippen molar-refractivity contribution in [3.05, 3.63) is 52.5 Å². The van der Waals surface area contributed by atoms with Crippen molar-refractivity contribution >= 4 is 68.7 Å². The number of sulfonamides is 1. The fraction of sp³-hybridized carbons (Fsp3) is 0.500. The lowest BCUT2D eigenvalue weighted by Gasteiger charge is -2.35. The van der Waals surface area contributed by atoms with Gasteiger partial charge in [-0.2, -0.15) is 0 Å². The topological polar surface area (TPSA) is 177 Å². The van der Waals surface area contributed by atoms with E-state index in [4.69, 9.17) is 23.2 Å². The van der Waals surface area contributed by atoms with Crippen LogP contribution in [-0.4, -0.2) is 77.6 Å². The number of carbonyl (C=O) groups is 3. The van der Waals surface area contributed by atoms with Crippen molar-refractivity contribution in [1.82, 2.24) is 19.7 Å². The standard InChI is InChI=1S/C30H37Cl2N5O7S2/c1-16(28(38)37-23-5-3-2-4-19(23)11-24(37)30(41)42)34-22(29(39)40)10-17-6-8-18(9-7-17)15-33-46(43,44)26-13-25-21(12-20(26)32)35-27(14-31)36-45-25/h6-9,12-13,16,19,22-24,27,33-36H,2-5,10-11,14-15H2,1H3,(H,39,40)(H,41,42)/t16-,19+,22-,23+,24-,27?/m0/s1. The highest BCUT2D eigenvalue weighted by molar-refractivity contribution is 7.97. The number of benzene rings is 2. The number of anilines is 1. The van der Waals surface area contributed by atoms with Gasteiger partial charge in [0, 0.05) is 17.5 Å². The first-order valence-corrected chi connectivity index (χ1v) is 18.3. The number of rotatable bonds is 12. The van der Waals surface area contributed by atoms with Crippen LogP contribution < -0.4 is 20.1 Å². The minimum absolute atomic E-state index is 0.0249. The number of nitrogens with zero attached hydrogens (tertiary/aromatic N) is 1. The molecule has 1 unspecified atom stereocenters. The molecule has 1 saturated carbocycles. The van der Waals surface area contributed by atoms with E-state index in [1.165, 1.54) is 22.9 Å². The Morgan fingerprint density at radius 3 is 2.48 bits per heavy atom. The number of alkyl halides is 1. The molecule has 2 fully saturated rings. The zero-order chi connectivity index (χ0) is 33.2. The Balaban J connectivity index is 1.19. The normalized spacial score (nSPS) is 23.9. The Hall–Kier alpha value is -2.59. The molecule has 6 N–H and O–H groups in total. The summed E-state index contributed by atoms with van der Waals surface area (Å²) < 4.78 is 31.9. The van der Waals surface area contributed by atoms with Gasteiger partial charge in [-0.3, -0.25) is 14.9 Å². The summed E-state index contributed by atoms with van der Waals surface area (Å²) in [4.78, 5) is 39.7. The van der Waals surface area contributed by atoms with Gasteiger partial charge in [0.15, 0.2) is 0 Å². The maximum Gasteiger partial charge on any atom is 0.326 e. The van der Waals surface area contributed by atoms with Crippen LogP contribution >= 0.6 is 35.1 Å². The molecule has 2 aliphatic heterocycles. The molecule has 16 heteroatoms. The third-order valence-electron chi connectivity index (χ3n) is 8.80. The van der Waals surface area contributed by atoms with Crippen molar-refractivity contribution in [2.75, 3.05) is 11.2 Å². The molecule has 46 heavy (non-hydrogen) atoms. The summed E-state index contributed by atoms with van der Waals surface area (Å²) in [7, 11) is -3.97. The van der Waals surface area contributed by atoms with Crippen LogP contribution in [0.2, 0.25) is 5.02 Å². The van der Waals surface area contributed by atoms with Crippen LogP contribution in [0, 0.1) is 5.92 Å². The van der Waals surface area contributed by atoms with Gasteiger partial charge in [0.1, 0.15) is 23.1 Å². The van der Waals surface area contributed by atoms with Crippen LogP contribution in [0.5, 0.6) is 0 Å². The molecule has 12 nitrogen and oxygen atoms in total. The van der Waals surface area contributed by atoms with Crippen molar-refractivity contribution in [3.63, 3.8) is 0 Å². The highest BCUT2D eigenvalue weighted by atomic mass is 35.5. The van der Waals surface area contributed by atoms with Gasteiger partial charge < -0.3 is 20.4 Å². The Bertz CT molecular complexity index is 1580. The highest BCUT2D eigenvalue weighted by Crippen LogP contribution is 2.40. The number of carboxylic acid groups (broad SMARTS) is 2. The molecule has 0 spiro atoms. The SMILES string of the molecule is C[C@H](N[C@@H](Cc1ccc(CNS(=O)(=O)c2cc3c(cc2Cl)NC(CCl)NS3)cc1)C(=O)O)C(=O)N1[C@@H]2CCCC[C@@H]2C[C@H]1C(=O)O. The number of amides is 1. The van der Waals surface area contributed by atoms with Crippen LogP contribution in [0.3, 0.4) is 0 Å². The quantitative estimate of drug-likeness (QED) is 0.140. The Kier molecular flexibility index (Phi) is 11.1. The van der Waals surface area contributed by atoms with Crippen LogP contribution in [0.4, 0.5) is 5.69 Å². The number of hydrogen-bond donors (Lipinski definition) is 6. The first-order chi connectivity index (χ1) is 21.9. The minimum atomic E-state index is -3.97. The van der Waals surface area contributed by atoms with Crippen LogP contribution in [0.15, 0.2) is 46.2 Å². The lowest BCUT2D eigenvalue weighted by molar-refractivity contribution is -0.151. The average molecular weight is 715 g/mol. The van der Waals surface area contributed by atoms with E-state index in [0.717, 1.165) is 25.7 Å². The summed E-state index contributed by atoms with van der Waals surface area (Å²) >= 11 is 13.5. The van der Waals surface area contributed by atoms with Gasteiger partial charge in [-0.1, -0.05) is 48.7 Å². The first kappa shape index (κ1) is 34.7. The van der Waals surface area contributed by atoms with E-state index >= 15 is 0 Å². The monoisotopic (exact) mass is 713 g/mol. The zero-order valence-corrected chi connectivity index (χ0v) is 28.2. The van der Waals surface area contributed by atoms with E-state index < -0.39 is 46.0 Å².